The van der Waals surface area contributed by atoms with E-state index in [1.807, 2.05) is 12.1 Å². The first-order valence-corrected chi connectivity index (χ1v) is 6.70. The number of amides is 1. The molecule has 0 fully saturated rings. The minimum absolute atomic E-state index is 0.0341. The maximum absolute atomic E-state index is 11.7. The second-order valence-electron chi connectivity index (χ2n) is 4.43. The number of carbonyl (C=O) groups is 1. The molecular weight excluding hydrogens is 272 g/mol. The van der Waals surface area contributed by atoms with E-state index in [4.69, 9.17) is 14.0 Å². The number of para-hydroxylation sites is 2. The van der Waals surface area contributed by atoms with Gasteiger partial charge in [0.1, 0.15) is 6.26 Å². The van der Waals surface area contributed by atoms with Gasteiger partial charge >= 0.3 is 0 Å². The molecule has 0 saturated carbocycles. The number of hydrogen-bond acceptors (Lipinski definition) is 5. The van der Waals surface area contributed by atoms with Gasteiger partial charge in [-0.2, -0.15) is 0 Å². The predicted molar refractivity (Wildman–Crippen MR) is 76.3 cm³/mol. The number of aryl methyl sites for hydroxylation is 1. The maximum atomic E-state index is 11.7. The normalized spacial score (nSPS) is 10.1. The zero-order valence-electron chi connectivity index (χ0n) is 11.9. The van der Waals surface area contributed by atoms with Gasteiger partial charge in [-0.3, -0.25) is 4.79 Å². The topological polar surface area (TPSA) is 73.6 Å². The average Bonchev–Trinajstić information content (AvgIpc) is 3.03. The lowest BCUT2D eigenvalue weighted by molar-refractivity contribution is -0.123. The maximum Gasteiger partial charge on any atom is 0.257 e. The van der Waals surface area contributed by atoms with Crippen LogP contribution in [0.3, 0.4) is 0 Å². The van der Waals surface area contributed by atoms with Gasteiger partial charge in [-0.15, -0.1) is 0 Å². The van der Waals surface area contributed by atoms with Crippen molar-refractivity contribution in [3.8, 4) is 11.5 Å². The first-order valence-electron chi connectivity index (χ1n) is 6.70. The first kappa shape index (κ1) is 14.9. The van der Waals surface area contributed by atoms with E-state index in [-0.39, 0.29) is 12.5 Å². The third-order valence-electron chi connectivity index (χ3n) is 2.88. The Labute approximate surface area is 123 Å². The molecule has 1 aromatic carbocycles. The Hall–Kier alpha value is -2.50. The number of nitrogens with zero attached hydrogens (tertiary/aromatic N) is 1. The van der Waals surface area contributed by atoms with Gasteiger partial charge in [0.25, 0.3) is 5.91 Å². The van der Waals surface area contributed by atoms with Crippen LogP contribution in [-0.4, -0.2) is 31.3 Å². The van der Waals surface area contributed by atoms with Crippen LogP contribution >= 0.6 is 0 Å². The van der Waals surface area contributed by atoms with Gasteiger partial charge in [-0.05, 0) is 25.0 Å². The lowest BCUT2D eigenvalue weighted by atomic mass is 10.2. The van der Waals surface area contributed by atoms with Crippen LogP contribution in [0.25, 0.3) is 0 Å². The fourth-order valence-corrected chi connectivity index (χ4v) is 1.80. The van der Waals surface area contributed by atoms with Gasteiger partial charge < -0.3 is 19.3 Å². The molecule has 1 heterocycles. The molecule has 1 N–H and O–H groups in total. The molecule has 6 nitrogen and oxygen atoms in total. The van der Waals surface area contributed by atoms with Crippen LogP contribution in [-0.2, 0) is 11.2 Å². The van der Waals surface area contributed by atoms with Gasteiger partial charge in [0, 0.05) is 12.1 Å². The SMILES string of the molecule is COc1ccccc1OCC(=O)NCCCc1cnoc1. The van der Waals surface area contributed by atoms with Crippen molar-refractivity contribution in [3.63, 3.8) is 0 Å². The van der Waals surface area contributed by atoms with Crippen LogP contribution in [0.2, 0.25) is 0 Å². The molecule has 2 aromatic rings. The van der Waals surface area contributed by atoms with Gasteiger partial charge in [-0.25, -0.2) is 0 Å². The largest absolute Gasteiger partial charge is 0.493 e. The molecule has 21 heavy (non-hydrogen) atoms. The summed E-state index contributed by atoms with van der Waals surface area (Å²) in [6.45, 7) is 0.549. The highest BCUT2D eigenvalue weighted by molar-refractivity contribution is 5.77. The second kappa shape index (κ2) is 7.94. The number of aromatic nitrogens is 1. The second-order valence-corrected chi connectivity index (χ2v) is 4.43. The number of hydrogen-bond donors (Lipinski definition) is 1. The van der Waals surface area contributed by atoms with Crippen molar-refractivity contribution >= 4 is 5.91 Å². The quantitative estimate of drug-likeness (QED) is 0.751. The Balaban J connectivity index is 1.65. The van der Waals surface area contributed by atoms with E-state index in [2.05, 4.69) is 10.5 Å². The summed E-state index contributed by atoms with van der Waals surface area (Å²) in [5.41, 5.74) is 1.02. The highest BCUT2D eigenvalue weighted by atomic mass is 16.5. The van der Waals surface area contributed by atoms with Gasteiger partial charge in [0.15, 0.2) is 18.1 Å². The van der Waals surface area contributed by atoms with Crippen molar-refractivity contribution in [2.45, 2.75) is 12.8 Å². The molecule has 0 atom stereocenters. The minimum Gasteiger partial charge on any atom is -0.493 e. The van der Waals surface area contributed by atoms with Gasteiger partial charge in [0.2, 0.25) is 0 Å². The Morgan fingerprint density at radius 1 is 1.33 bits per heavy atom. The molecule has 112 valence electrons. The van der Waals surface area contributed by atoms with E-state index in [1.165, 1.54) is 0 Å². The van der Waals surface area contributed by atoms with Crippen LogP contribution in [0.5, 0.6) is 11.5 Å². The average molecular weight is 290 g/mol. The summed E-state index contributed by atoms with van der Waals surface area (Å²) in [6, 6.07) is 7.22. The van der Waals surface area contributed by atoms with Crippen LogP contribution in [0.15, 0.2) is 41.2 Å². The third-order valence-corrected chi connectivity index (χ3v) is 2.88. The summed E-state index contributed by atoms with van der Waals surface area (Å²) in [6.07, 6.45) is 4.91. The summed E-state index contributed by atoms with van der Waals surface area (Å²) < 4.78 is 15.3. The van der Waals surface area contributed by atoms with E-state index >= 15 is 0 Å². The van der Waals surface area contributed by atoms with E-state index in [9.17, 15) is 4.79 Å². The van der Waals surface area contributed by atoms with Crippen molar-refractivity contribution in [2.24, 2.45) is 0 Å². The van der Waals surface area contributed by atoms with Gasteiger partial charge in [0.05, 0.1) is 13.3 Å². The number of ether oxygens (including phenoxy) is 2. The van der Waals surface area contributed by atoms with Crippen molar-refractivity contribution < 1.29 is 18.8 Å². The fraction of sp³-hybridized carbons (Fsp3) is 0.333. The molecular formula is C15H18N2O4. The Bertz CT molecular complexity index is 555. The number of carbonyl (C=O) groups excluding carboxylic acids is 1. The molecule has 6 heteroatoms. The van der Waals surface area contributed by atoms with E-state index in [0.29, 0.717) is 18.0 Å². The fourth-order valence-electron chi connectivity index (χ4n) is 1.80. The summed E-state index contributed by atoms with van der Waals surface area (Å²) >= 11 is 0. The molecule has 2 rings (SSSR count). The molecule has 0 aliphatic rings. The van der Waals surface area contributed by atoms with Crippen molar-refractivity contribution in [1.29, 1.82) is 0 Å². The monoisotopic (exact) mass is 290 g/mol. The van der Waals surface area contributed by atoms with Crippen molar-refractivity contribution in [1.82, 2.24) is 10.5 Å². The summed E-state index contributed by atoms with van der Waals surface area (Å²) in [7, 11) is 1.56. The summed E-state index contributed by atoms with van der Waals surface area (Å²) in [5, 5.41) is 6.42. The summed E-state index contributed by atoms with van der Waals surface area (Å²) in [4.78, 5) is 11.7. The van der Waals surface area contributed by atoms with Crippen LogP contribution < -0.4 is 14.8 Å². The molecule has 0 spiro atoms. The minimum atomic E-state index is -0.161. The number of nitrogens with one attached hydrogen (secondary N) is 1. The number of rotatable bonds is 8. The molecule has 1 amide bonds. The smallest absolute Gasteiger partial charge is 0.257 e. The van der Waals surface area contributed by atoms with Crippen LogP contribution in [0.1, 0.15) is 12.0 Å². The van der Waals surface area contributed by atoms with E-state index in [1.54, 1.807) is 31.7 Å². The van der Waals surface area contributed by atoms with Crippen molar-refractivity contribution in [2.75, 3.05) is 20.3 Å². The van der Waals surface area contributed by atoms with E-state index in [0.717, 1.165) is 18.4 Å². The van der Waals surface area contributed by atoms with E-state index < -0.39 is 0 Å². The first-order chi connectivity index (χ1) is 10.3. The third kappa shape index (κ3) is 4.83. The molecule has 0 radical (unpaired) electrons. The van der Waals surface area contributed by atoms with Gasteiger partial charge in [-0.1, -0.05) is 17.3 Å². The van der Waals surface area contributed by atoms with Crippen LogP contribution in [0.4, 0.5) is 0 Å². The molecule has 0 bridgehead atoms. The number of methoxy groups -OCH3 is 1. The zero-order chi connectivity index (χ0) is 14.9. The predicted octanol–water partition coefficient (Wildman–Crippen LogP) is 1.81. The lowest BCUT2D eigenvalue weighted by Gasteiger charge is -2.10. The zero-order valence-corrected chi connectivity index (χ0v) is 11.9. The Morgan fingerprint density at radius 3 is 2.86 bits per heavy atom. The Kier molecular flexibility index (Phi) is 5.63. The van der Waals surface area contributed by atoms with Crippen molar-refractivity contribution in [3.05, 3.63) is 42.3 Å². The Morgan fingerprint density at radius 2 is 2.14 bits per heavy atom. The highest BCUT2D eigenvalue weighted by Gasteiger charge is 2.06. The molecule has 0 aliphatic heterocycles. The summed E-state index contributed by atoms with van der Waals surface area (Å²) in [5.74, 6) is 1.00. The highest BCUT2D eigenvalue weighted by Crippen LogP contribution is 2.25. The molecule has 0 saturated heterocycles. The molecule has 1 aromatic heterocycles. The molecule has 0 unspecified atom stereocenters. The van der Waals surface area contributed by atoms with Crippen LogP contribution in [0, 0.1) is 0 Å². The molecule has 0 aliphatic carbocycles. The standard InChI is InChI=1S/C15H18N2O4/c1-19-13-6-2-3-7-14(13)20-11-15(18)16-8-4-5-12-9-17-21-10-12/h2-3,6-7,9-10H,4-5,8,11H2,1H3,(H,16,18). The number of benzene rings is 1. The lowest BCUT2D eigenvalue weighted by Crippen LogP contribution is -2.29.